The number of nitro groups is 1. The van der Waals surface area contributed by atoms with E-state index in [4.69, 9.17) is 0 Å². The number of carbonyl (C=O) groups is 1. The first-order valence-corrected chi connectivity index (χ1v) is 9.92. The maximum absolute atomic E-state index is 12.6. The van der Waals surface area contributed by atoms with Gasteiger partial charge in [-0.2, -0.15) is 0 Å². The lowest BCUT2D eigenvalue weighted by atomic mass is 10.1. The number of nitrogens with one attached hydrogen (secondary N) is 2. The summed E-state index contributed by atoms with van der Waals surface area (Å²) < 4.78 is 0. The Labute approximate surface area is 173 Å². The number of nitrogens with zero attached hydrogens (tertiary/aromatic N) is 2. The number of hydrogen-bond acceptors (Lipinski definition) is 6. The number of benzene rings is 2. The van der Waals surface area contributed by atoms with E-state index >= 15 is 0 Å². The van der Waals surface area contributed by atoms with Crippen LogP contribution in [0.5, 0.6) is 0 Å². The van der Waals surface area contributed by atoms with Crippen LogP contribution in [-0.2, 0) is 0 Å². The van der Waals surface area contributed by atoms with Crippen molar-refractivity contribution in [3.05, 3.63) is 86.6 Å². The van der Waals surface area contributed by atoms with Crippen molar-refractivity contribution in [2.45, 2.75) is 6.04 Å². The van der Waals surface area contributed by atoms with Gasteiger partial charge in [-0.05, 0) is 49.8 Å². The highest BCUT2D eigenvalue weighted by Gasteiger charge is 2.20. The number of amides is 1. The van der Waals surface area contributed by atoms with Gasteiger partial charge in [0.1, 0.15) is 5.69 Å². The summed E-state index contributed by atoms with van der Waals surface area (Å²) in [7, 11) is 3.90. The summed E-state index contributed by atoms with van der Waals surface area (Å²) in [6.07, 6.45) is 0. The average Bonchev–Trinajstić information content (AvgIpc) is 3.23. The molecule has 0 radical (unpaired) electrons. The molecule has 0 aliphatic rings. The van der Waals surface area contributed by atoms with E-state index in [0.717, 1.165) is 10.6 Å². The number of carbonyl (C=O) groups excluding carboxylic acids is 1. The zero-order chi connectivity index (χ0) is 20.8. The number of thiophene rings is 1. The molecule has 1 amide bonds. The summed E-state index contributed by atoms with van der Waals surface area (Å²) in [5.74, 6) is -0.345. The van der Waals surface area contributed by atoms with E-state index in [9.17, 15) is 14.9 Å². The molecule has 1 aromatic heterocycles. The van der Waals surface area contributed by atoms with Crippen LogP contribution in [0.3, 0.4) is 0 Å². The van der Waals surface area contributed by atoms with Crippen molar-refractivity contribution in [3.63, 3.8) is 0 Å². The summed E-state index contributed by atoms with van der Waals surface area (Å²) in [6.45, 7) is 0.407. The molecule has 1 unspecified atom stereocenters. The molecule has 2 N–H and O–H groups in total. The molecule has 0 bridgehead atoms. The molecule has 29 heavy (non-hydrogen) atoms. The number of rotatable bonds is 8. The fourth-order valence-electron chi connectivity index (χ4n) is 2.92. The molecular weight excluding hydrogens is 388 g/mol. The summed E-state index contributed by atoms with van der Waals surface area (Å²) in [5, 5.41) is 19.4. The third-order valence-electron chi connectivity index (χ3n) is 4.46. The van der Waals surface area contributed by atoms with Crippen LogP contribution in [0.25, 0.3) is 0 Å². The number of para-hydroxylation sites is 1. The third-order valence-corrected chi connectivity index (χ3v) is 5.43. The van der Waals surface area contributed by atoms with Gasteiger partial charge in [0.25, 0.3) is 11.6 Å². The van der Waals surface area contributed by atoms with E-state index < -0.39 is 4.92 Å². The lowest BCUT2D eigenvalue weighted by Crippen LogP contribution is -2.34. The normalized spacial score (nSPS) is 11.8. The second-order valence-corrected chi connectivity index (χ2v) is 7.66. The molecule has 1 atom stereocenters. The van der Waals surface area contributed by atoms with Crippen LogP contribution in [-0.4, -0.2) is 36.4 Å². The van der Waals surface area contributed by atoms with E-state index in [-0.39, 0.29) is 23.2 Å². The molecule has 0 spiro atoms. The van der Waals surface area contributed by atoms with Crippen molar-refractivity contribution in [2.75, 3.05) is 26.0 Å². The van der Waals surface area contributed by atoms with E-state index in [2.05, 4.69) is 10.6 Å². The fraction of sp³-hybridized carbons (Fsp3) is 0.190. The molecule has 0 saturated heterocycles. The Morgan fingerprint density at radius 3 is 2.52 bits per heavy atom. The van der Waals surface area contributed by atoms with E-state index in [1.165, 1.54) is 6.07 Å². The van der Waals surface area contributed by atoms with Crippen LogP contribution < -0.4 is 10.6 Å². The fourth-order valence-corrected chi connectivity index (χ4v) is 3.84. The molecule has 3 aromatic rings. The Bertz CT molecular complexity index is 975. The largest absolute Gasteiger partial charge is 0.350 e. The van der Waals surface area contributed by atoms with Gasteiger partial charge < -0.3 is 15.5 Å². The smallest absolute Gasteiger partial charge is 0.293 e. The third kappa shape index (κ3) is 5.18. The summed E-state index contributed by atoms with van der Waals surface area (Å²) in [4.78, 5) is 26.8. The van der Waals surface area contributed by atoms with Gasteiger partial charge in [0, 0.05) is 28.7 Å². The molecule has 0 aliphatic carbocycles. The molecule has 0 saturated carbocycles. The van der Waals surface area contributed by atoms with Gasteiger partial charge in [0.05, 0.1) is 11.0 Å². The van der Waals surface area contributed by atoms with Crippen LogP contribution in [0.2, 0.25) is 0 Å². The van der Waals surface area contributed by atoms with Crippen molar-refractivity contribution >= 4 is 34.3 Å². The predicted octanol–water partition coefficient (Wildman–Crippen LogP) is 4.43. The molecule has 7 nitrogen and oxygen atoms in total. The minimum Gasteiger partial charge on any atom is -0.350 e. The summed E-state index contributed by atoms with van der Waals surface area (Å²) in [6, 6.07) is 17.7. The lowest BCUT2D eigenvalue weighted by Gasteiger charge is -2.23. The van der Waals surface area contributed by atoms with Crippen molar-refractivity contribution < 1.29 is 9.72 Å². The maximum atomic E-state index is 12.6. The van der Waals surface area contributed by atoms with Crippen LogP contribution in [0.4, 0.5) is 17.1 Å². The van der Waals surface area contributed by atoms with Gasteiger partial charge >= 0.3 is 0 Å². The summed E-state index contributed by atoms with van der Waals surface area (Å²) >= 11 is 1.63. The van der Waals surface area contributed by atoms with Crippen LogP contribution in [0.1, 0.15) is 21.3 Å². The van der Waals surface area contributed by atoms with Gasteiger partial charge in [-0.1, -0.05) is 24.3 Å². The molecule has 0 fully saturated rings. The van der Waals surface area contributed by atoms with Crippen molar-refractivity contribution in [3.8, 4) is 0 Å². The first-order valence-electron chi connectivity index (χ1n) is 9.04. The number of anilines is 2. The second kappa shape index (κ2) is 9.31. The average molecular weight is 410 g/mol. The quantitative estimate of drug-likeness (QED) is 0.424. The second-order valence-electron chi connectivity index (χ2n) is 6.68. The highest BCUT2D eigenvalue weighted by Crippen LogP contribution is 2.29. The number of nitro benzene ring substituents is 1. The Balaban J connectivity index is 1.75. The first-order chi connectivity index (χ1) is 14.0. The maximum Gasteiger partial charge on any atom is 0.293 e. The minimum atomic E-state index is -0.490. The Kier molecular flexibility index (Phi) is 6.58. The van der Waals surface area contributed by atoms with Crippen molar-refractivity contribution in [1.82, 2.24) is 10.2 Å². The molecular formula is C21H22N4O3S. The van der Waals surface area contributed by atoms with Gasteiger partial charge in [-0.15, -0.1) is 11.3 Å². The Hall–Kier alpha value is -3.23. The van der Waals surface area contributed by atoms with E-state index in [0.29, 0.717) is 12.2 Å². The SMILES string of the molecule is CN(C)C(CNC(=O)c1ccc(Nc2ccccc2)c([N+](=O)[O-])c1)c1cccs1. The molecule has 150 valence electrons. The monoisotopic (exact) mass is 410 g/mol. The zero-order valence-electron chi connectivity index (χ0n) is 16.2. The van der Waals surface area contributed by atoms with Gasteiger partial charge in [-0.3, -0.25) is 14.9 Å². The Morgan fingerprint density at radius 2 is 1.90 bits per heavy atom. The molecule has 0 aliphatic heterocycles. The van der Waals surface area contributed by atoms with E-state index in [1.807, 2.05) is 66.8 Å². The minimum absolute atomic E-state index is 0.0351. The van der Waals surface area contributed by atoms with Crippen LogP contribution in [0, 0.1) is 10.1 Å². The van der Waals surface area contributed by atoms with Gasteiger partial charge in [-0.25, -0.2) is 0 Å². The number of likely N-dealkylation sites (N-methyl/N-ethyl adjacent to an activating group) is 1. The predicted molar refractivity (Wildman–Crippen MR) is 116 cm³/mol. The number of hydrogen-bond donors (Lipinski definition) is 2. The van der Waals surface area contributed by atoms with Gasteiger partial charge in [0.15, 0.2) is 0 Å². The highest BCUT2D eigenvalue weighted by atomic mass is 32.1. The van der Waals surface area contributed by atoms with Crippen LogP contribution >= 0.6 is 11.3 Å². The highest BCUT2D eigenvalue weighted by molar-refractivity contribution is 7.10. The van der Waals surface area contributed by atoms with E-state index in [1.54, 1.807) is 23.5 Å². The standard InChI is InChI=1S/C21H22N4O3S/c1-24(2)19(20-9-6-12-29-20)14-22-21(26)15-10-11-17(18(13-15)25(27)28)23-16-7-4-3-5-8-16/h3-13,19,23H,14H2,1-2H3,(H,22,26). The topological polar surface area (TPSA) is 87.5 Å². The molecule has 1 heterocycles. The summed E-state index contributed by atoms with van der Waals surface area (Å²) in [5.41, 5.74) is 1.17. The van der Waals surface area contributed by atoms with Crippen molar-refractivity contribution in [2.24, 2.45) is 0 Å². The van der Waals surface area contributed by atoms with Crippen molar-refractivity contribution in [1.29, 1.82) is 0 Å². The molecule has 3 rings (SSSR count). The van der Waals surface area contributed by atoms with Crippen LogP contribution in [0.15, 0.2) is 66.0 Å². The lowest BCUT2D eigenvalue weighted by molar-refractivity contribution is -0.383. The Morgan fingerprint density at radius 1 is 1.14 bits per heavy atom. The first kappa shape index (κ1) is 20.5. The molecule has 8 heteroatoms. The van der Waals surface area contributed by atoms with Gasteiger partial charge in [0.2, 0.25) is 0 Å². The molecule has 2 aromatic carbocycles. The zero-order valence-corrected chi connectivity index (χ0v) is 17.0.